The van der Waals surface area contributed by atoms with Crippen molar-refractivity contribution in [3.63, 3.8) is 0 Å². The molecule has 2 aliphatic rings. The van der Waals surface area contributed by atoms with Gasteiger partial charge in [0.2, 0.25) is 5.91 Å². The quantitative estimate of drug-likeness (QED) is 0.778. The molecule has 0 saturated carbocycles. The Morgan fingerprint density at radius 1 is 1.08 bits per heavy atom. The second-order valence-electron chi connectivity index (χ2n) is 7.99. The van der Waals surface area contributed by atoms with Crippen LogP contribution in [0.15, 0.2) is 11.6 Å². The molecule has 0 spiro atoms. The predicted molar refractivity (Wildman–Crippen MR) is 95.8 cm³/mol. The number of carbonyl (C=O) groups is 2. The largest absolute Gasteiger partial charge is 0.339 e. The molecule has 0 aromatic heterocycles. The van der Waals surface area contributed by atoms with Crippen LogP contribution in [0.5, 0.6) is 0 Å². The Balaban J connectivity index is 1.82. The lowest BCUT2D eigenvalue weighted by Crippen LogP contribution is -2.56. The Hall–Kier alpha value is -1.56. The van der Waals surface area contributed by atoms with Crippen LogP contribution in [0, 0.1) is 5.41 Å². The highest BCUT2D eigenvalue weighted by Gasteiger charge is 2.31. The molecule has 0 radical (unpaired) electrons. The minimum atomic E-state index is -0.362. The topological polar surface area (TPSA) is 55.9 Å². The van der Waals surface area contributed by atoms with Gasteiger partial charge in [-0.15, -0.1) is 0 Å². The highest BCUT2D eigenvalue weighted by atomic mass is 16.2. The molecule has 2 heterocycles. The van der Waals surface area contributed by atoms with Gasteiger partial charge in [0.05, 0.1) is 0 Å². The van der Waals surface area contributed by atoms with E-state index in [1.807, 2.05) is 30.6 Å². The van der Waals surface area contributed by atoms with E-state index in [1.54, 1.807) is 0 Å². The molecule has 0 aromatic carbocycles. The fourth-order valence-corrected chi connectivity index (χ4v) is 3.14. The van der Waals surface area contributed by atoms with Gasteiger partial charge in [0.25, 0.3) is 0 Å². The zero-order chi connectivity index (χ0) is 17.9. The third-order valence-electron chi connectivity index (χ3n) is 4.84. The van der Waals surface area contributed by atoms with Crippen molar-refractivity contribution in [2.24, 2.45) is 5.41 Å². The summed E-state index contributed by atoms with van der Waals surface area (Å²) in [5, 5.41) is 3.11. The SMILES string of the molecule is CC(NC(=O)N1CCN(C(=O)C(C)(C)C)CC1)C1=CCN(C)CC1. The van der Waals surface area contributed by atoms with Crippen LogP contribution in [0.3, 0.4) is 0 Å². The Morgan fingerprint density at radius 2 is 1.67 bits per heavy atom. The summed E-state index contributed by atoms with van der Waals surface area (Å²) in [6.07, 6.45) is 3.22. The summed E-state index contributed by atoms with van der Waals surface area (Å²) < 4.78 is 0. The van der Waals surface area contributed by atoms with Crippen molar-refractivity contribution < 1.29 is 9.59 Å². The number of hydrogen-bond acceptors (Lipinski definition) is 3. The molecule has 1 saturated heterocycles. The molecule has 1 unspecified atom stereocenters. The van der Waals surface area contributed by atoms with Crippen molar-refractivity contribution in [2.75, 3.05) is 46.3 Å². The third-order valence-corrected chi connectivity index (χ3v) is 4.84. The van der Waals surface area contributed by atoms with Crippen molar-refractivity contribution >= 4 is 11.9 Å². The number of nitrogens with one attached hydrogen (secondary N) is 1. The smallest absolute Gasteiger partial charge is 0.317 e. The fraction of sp³-hybridized carbons (Fsp3) is 0.778. The summed E-state index contributed by atoms with van der Waals surface area (Å²) >= 11 is 0. The van der Waals surface area contributed by atoms with E-state index in [1.165, 1.54) is 5.57 Å². The van der Waals surface area contributed by atoms with E-state index in [0.29, 0.717) is 26.2 Å². The molecule has 1 fully saturated rings. The van der Waals surface area contributed by atoms with E-state index in [0.717, 1.165) is 19.5 Å². The number of likely N-dealkylation sites (N-methyl/N-ethyl adjacent to an activating group) is 1. The number of urea groups is 1. The van der Waals surface area contributed by atoms with Gasteiger partial charge in [-0.2, -0.15) is 0 Å². The van der Waals surface area contributed by atoms with Gasteiger partial charge in [-0.3, -0.25) is 4.79 Å². The van der Waals surface area contributed by atoms with Crippen LogP contribution in [-0.4, -0.2) is 79.0 Å². The Morgan fingerprint density at radius 3 is 2.17 bits per heavy atom. The van der Waals surface area contributed by atoms with Crippen molar-refractivity contribution in [3.05, 3.63) is 11.6 Å². The Bertz CT molecular complexity index is 502. The predicted octanol–water partition coefficient (Wildman–Crippen LogP) is 1.54. The van der Waals surface area contributed by atoms with Crippen LogP contribution in [0.4, 0.5) is 4.79 Å². The number of nitrogens with zero attached hydrogens (tertiary/aromatic N) is 3. The molecule has 1 N–H and O–H groups in total. The van der Waals surface area contributed by atoms with Crippen molar-refractivity contribution in [3.8, 4) is 0 Å². The van der Waals surface area contributed by atoms with Gasteiger partial charge >= 0.3 is 6.03 Å². The fourth-order valence-electron chi connectivity index (χ4n) is 3.14. The zero-order valence-electron chi connectivity index (χ0n) is 15.8. The van der Waals surface area contributed by atoms with E-state index in [2.05, 4.69) is 30.3 Å². The molecule has 1 atom stereocenters. The first kappa shape index (κ1) is 18.8. The molecule has 136 valence electrons. The number of rotatable bonds is 2. The maximum absolute atomic E-state index is 12.5. The van der Waals surface area contributed by atoms with Crippen molar-refractivity contribution in [2.45, 2.75) is 40.2 Å². The van der Waals surface area contributed by atoms with Crippen LogP contribution in [0.25, 0.3) is 0 Å². The first-order chi connectivity index (χ1) is 11.2. The van der Waals surface area contributed by atoms with E-state index in [4.69, 9.17) is 0 Å². The molecule has 2 rings (SSSR count). The number of piperazine rings is 1. The maximum Gasteiger partial charge on any atom is 0.317 e. The average molecular weight is 336 g/mol. The van der Waals surface area contributed by atoms with Gasteiger partial charge in [-0.1, -0.05) is 26.8 Å². The molecule has 6 heteroatoms. The summed E-state index contributed by atoms with van der Waals surface area (Å²) in [6, 6.07) is 0.0469. The molecule has 0 bridgehead atoms. The van der Waals surface area contributed by atoms with E-state index in [-0.39, 0.29) is 23.4 Å². The monoisotopic (exact) mass is 336 g/mol. The molecule has 6 nitrogen and oxygen atoms in total. The van der Waals surface area contributed by atoms with Gasteiger partial charge in [0.1, 0.15) is 0 Å². The summed E-state index contributed by atoms with van der Waals surface area (Å²) in [5.74, 6) is 0.160. The summed E-state index contributed by atoms with van der Waals surface area (Å²) in [4.78, 5) is 30.7. The molecule has 3 amide bonds. The van der Waals surface area contributed by atoms with Gasteiger partial charge in [0, 0.05) is 50.7 Å². The third kappa shape index (κ3) is 4.72. The second kappa shape index (κ2) is 7.55. The number of amides is 3. The van der Waals surface area contributed by atoms with Crippen LogP contribution in [0.2, 0.25) is 0 Å². The normalized spacial score (nSPS) is 21.3. The lowest BCUT2D eigenvalue weighted by atomic mass is 9.94. The second-order valence-corrected chi connectivity index (χ2v) is 7.99. The highest BCUT2D eigenvalue weighted by molar-refractivity contribution is 5.82. The summed E-state index contributed by atoms with van der Waals surface area (Å²) in [7, 11) is 2.11. The minimum Gasteiger partial charge on any atom is -0.339 e. The molecule has 2 aliphatic heterocycles. The molecule has 0 aromatic rings. The lowest BCUT2D eigenvalue weighted by Gasteiger charge is -2.38. The van der Waals surface area contributed by atoms with Crippen molar-refractivity contribution in [1.29, 1.82) is 0 Å². The zero-order valence-corrected chi connectivity index (χ0v) is 15.8. The Kier molecular flexibility index (Phi) is 5.91. The minimum absolute atomic E-state index is 0.0230. The van der Waals surface area contributed by atoms with E-state index in [9.17, 15) is 9.59 Å². The first-order valence-corrected chi connectivity index (χ1v) is 8.91. The van der Waals surface area contributed by atoms with Gasteiger partial charge in [-0.25, -0.2) is 4.79 Å². The molecular weight excluding hydrogens is 304 g/mol. The van der Waals surface area contributed by atoms with Crippen LogP contribution in [-0.2, 0) is 4.79 Å². The highest BCUT2D eigenvalue weighted by Crippen LogP contribution is 2.19. The summed E-state index contributed by atoms with van der Waals surface area (Å²) in [6.45, 7) is 12.3. The molecule has 24 heavy (non-hydrogen) atoms. The van der Waals surface area contributed by atoms with Crippen LogP contribution >= 0.6 is 0 Å². The maximum atomic E-state index is 12.5. The van der Waals surface area contributed by atoms with Crippen LogP contribution in [0.1, 0.15) is 34.1 Å². The van der Waals surface area contributed by atoms with E-state index >= 15 is 0 Å². The van der Waals surface area contributed by atoms with Gasteiger partial charge < -0.3 is 20.0 Å². The Labute approximate surface area is 145 Å². The average Bonchev–Trinajstić information content (AvgIpc) is 2.54. The van der Waals surface area contributed by atoms with Crippen molar-refractivity contribution in [1.82, 2.24) is 20.0 Å². The van der Waals surface area contributed by atoms with Gasteiger partial charge in [-0.05, 0) is 26.0 Å². The molecular formula is C18H32N4O2. The molecule has 0 aliphatic carbocycles. The standard InChI is InChI=1S/C18H32N4O2/c1-14(15-6-8-20(5)9-7-15)19-17(24)22-12-10-21(11-13-22)16(23)18(2,3)4/h6,14H,7-13H2,1-5H3,(H,19,24). The number of hydrogen-bond donors (Lipinski definition) is 1. The lowest BCUT2D eigenvalue weighted by molar-refractivity contribution is -0.140. The summed E-state index contributed by atoms with van der Waals surface area (Å²) in [5.41, 5.74) is 0.947. The number of carbonyl (C=O) groups excluding carboxylic acids is 2. The first-order valence-electron chi connectivity index (χ1n) is 8.91. The van der Waals surface area contributed by atoms with E-state index < -0.39 is 0 Å². The van der Waals surface area contributed by atoms with Gasteiger partial charge in [0.15, 0.2) is 0 Å². The van der Waals surface area contributed by atoms with Crippen LogP contribution < -0.4 is 5.32 Å².